The standard InChI is InChI=1S/C21H23FN4O4/c1-12-13(2)20(28)24-23-18(12)8-14-3-4-17(22)16(7-14)21(29)25-9-15-11-30-6-5-26(15)19(27)10-25/h3-4,7,15H,5-6,8-11H2,1-2H3,(H,24,28). The number of H-pyrrole nitrogens is 1. The summed E-state index contributed by atoms with van der Waals surface area (Å²) >= 11 is 0. The molecule has 30 heavy (non-hydrogen) atoms. The van der Waals surface area contributed by atoms with Crippen molar-refractivity contribution in [3.05, 3.63) is 62.3 Å². The second-order valence-corrected chi connectivity index (χ2v) is 7.74. The SMILES string of the molecule is Cc1c(Cc2ccc(F)c(C(=O)N3CC(=O)N4CCOCC4C3)c2)n[nH]c(=O)c1C. The first-order valence-corrected chi connectivity index (χ1v) is 9.85. The van der Waals surface area contributed by atoms with Gasteiger partial charge in [-0.3, -0.25) is 14.4 Å². The lowest BCUT2D eigenvalue weighted by Gasteiger charge is -2.43. The van der Waals surface area contributed by atoms with E-state index in [1.165, 1.54) is 17.0 Å². The van der Waals surface area contributed by atoms with E-state index in [0.717, 1.165) is 5.56 Å². The second kappa shape index (κ2) is 7.98. The summed E-state index contributed by atoms with van der Waals surface area (Å²) in [5, 5.41) is 6.54. The number of fused-ring (bicyclic) bond motifs is 1. The van der Waals surface area contributed by atoms with Gasteiger partial charge < -0.3 is 14.5 Å². The van der Waals surface area contributed by atoms with Crippen molar-refractivity contribution in [1.29, 1.82) is 0 Å². The van der Waals surface area contributed by atoms with Crippen LogP contribution in [0.15, 0.2) is 23.0 Å². The number of rotatable bonds is 3. The Bertz CT molecular complexity index is 1070. The van der Waals surface area contributed by atoms with Crippen LogP contribution in [0.1, 0.15) is 32.7 Å². The molecule has 1 aromatic heterocycles. The molecule has 0 aliphatic carbocycles. The summed E-state index contributed by atoms with van der Waals surface area (Å²) in [5.74, 6) is -1.31. The van der Waals surface area contributed by atoms with Gasteiger partial charge in [-0.1, -0.05) is 6.07 Å². The molecule has 2 fully saturated rings. The topological polar surface area (TPSA) is 95.6 Å². The van der Waals surface area contributed by atoms with E-state index in [1.54, 1.807) is 24.8 Å². The highest BCUT2D eigenvalue weighted by Crippen LogP contribution is 2.21. The Morgan fingerprint density at radius 1 is 1.30 bits per heavy atom. The average molecular weight is 414 g/mol. The van der Waals surface area contributed by atoms with E-state index in [-0.39, 0.29) is 29.6 Å². The van der Waals surface area contributed by atoms with Crippen LogP contribution in [-0.4, -0.2) is 70.7 Å². The molecule has 1 atom stereocenters. The summed E-state index contributed by atoms with van der Waals surface area (Å²) in [4.78, 5) is 40.2. The van der Waals surface area contributed by atoms with Gasteiger partial charge in [-0.15, -0.1) is 0 Å². The number of hydrogen-bond acceptors (Lipinski definition) is 5. The van der Waals surface area contributed by atoms with Gasteiger partial charge >= 0.3 is 0 Å². The molecule has 1 N–H and O–H groups in total. The van der Waals surface area contributed by atoms with E-state index < -0.39 is 11.7 Å². The predicted molar refractivity (Wildman–Crippen MR) is 106 cm³/mol. The second-order valence-electron chi connectivity index (χ2n) is 7.74. The summed E-state index contributed by atoms with van der Waals surface area (Å²) in [5.41, 5.74) is 2.35. The van der Waals surface area contributed by atoms with Gasteiger partial charge in [-0.25, -0.2) is 9.49 Å². The van der Waals surface area contributed by atoms with Gasteiger partial charge in [0, 0.05) is 25.1 Å². The van der Waals surface area contributed by atoms with Crippen LogP contribution in [-0.2, 0) is 16.0 Å². The van der Waals surface area contributed by atoms with E-state index >= 15 is 0 Å². The number of nitrogens with zero attached hydrogens (tertiary/aromatic N) is 3. The Kier molecular flexibility index (Phi) is 5.38. The summed E-state index contributed by atoms with van der Waals surface area (Å²) in [7, 11) is 0. The monoisotopic (exact) mass is 414 g/mol. The minimum atomic E-state index is -0.638. The van der Waals surface area contributed by atoms with Gasteiger partial charge in [0.15, 0.2) is 0 Å². The van der Waals surface area contributed by atoms with Gasteiger partial charge in [0.1, 0.15) is 12.4 Å². The van der Waals surface area contributed by atoms with Crippen molar-refractivity contribution in [3.63, 3.8) is 0 Å². The third-order valence-electron chi connectivity index (χ3n) is 5.85. The molecule has 2 aliphatic heterocycles. The Balaban J connectivity index is 1.57. The first kappa shape index (κ1) is 20.2. The molecular formula is C21H23FN4O4. The fourth-order valence-corrected chi connectivity index (χ4v) is 3.92. The third kappa shape index (κ3) is 3.72. The van der Waals surface area contributed by atoms with E-state index in [0.29, 0.717) is 49.5 Å². The van der Waals surface area contributed by atoms with Crippen LogP contribution < -0.4 is 5.56 Å². The molecule has 0 radical (unpaired) electrons. The zero-order valence-electron chi connectivity index (χ0n) is 16.9. The van der Waals surface area contributed by atoms with Gasteiger partial charge in [0.25, 0.3) is 11.5 Å². The molecule has 0 saturated carbocycles. The lowest BCUT2D eigenvalue weighted by molar-refractivity contribution is -0.146. The Labute approximate surface area is 172 Å². The van der Waals surface area contributed by atoms with Crippen molar-refractivity contribution in [1.82, 2.24) is 20.0 Å². The molecule has 8 nitrogen and oxygen atoms in total. The van der Waals surface area contributed by atoms with E-state index in [9.17, 15) is 18.8 Å². The highest BCUT2D eigenvalue weighted by Gasteiger charge is 2.37. The smallest absolute Gasteiger partial charge is 0.267 e. The minimum Gasteiger partial charge on any atom is -0.377 e. The number of halogens is 1. The third-order valence-corrected chi connectivity index (χ3v) is 5.85. The van der Waals surface area contributed by atoms with E-state index in [2.05, 4.69) is 10.2 Å². The summed E-state index contributed by atoms with van der Waals surface area (Å²) in [6, 6.07) is 4.13. The van der Waals surface area contributed by atoms with Crippen molar-refractivity contribution in [2.24, 2.45) is 0 Å². The maximum absolute atomic E-state index is 14.5. The zero-order valence-corrected chi connectivity index (χ0v) is 16.9. The number of carbonyl (C=O) groups excluding carboxylic acids is 2. The average Bonchev–Trinajstić information content (AvgIpc) is 2.75. The maximum atomic E-state index is 14.5. The zero-order chi connectivity index (χ0) is 21.4. The van der Waals surface area contributed by atoms with Crippen molar-refractivity contribution in [3.8, 4) is 0 Å². The Morgan fingerprint density at radius 2 is 2.10 bits per heavy atom. The fraction of sp³-hybridized carbons (Fsp3) is 0.429. The lowest BCUT2D eigenvalue weighted by atomic mass is 10.0. The van der Waals surface area contributed by atoms with Crippen LogP contribution in [0.3, 0.4) is 0 Å². The molecular weight excluding hydrogens is 391 g/mol. The summed E-state index contributed by atoms with van der Waals surface area (Å²) in [6.07, 6.45) is 0.340. The molecule has 3 heterocycles. The molecule has 2 saturated heterocycles. The van der Waals surface area contributed by atoms with Crippen LogP contribution in [0.4, 0.5) is 4.39 Å². The van der Waals surface area contributed by atoms with Gasteiger partial charge in [0.05, 0.1) is 30.5 Å². The largest absolute Gasteiger partial charge is 0.377 e. The quantitative estimate of drug-likeness (QED) is 0.802. The number of aromatic nitrogens is 2. The molecule has 1 aromatic carbocycles. The number of benzene rings is 1. The normalized spacial score (nSPS) is 19.0. The number of carbonyl (C=O) groups is 2. The molecule has 2 aliphatic rings. The number of amides is 2. The molecule has 2 aromatic rings. The van der Waals surface area contributed by atoms with Crippen molar-refractivity contribution in [2.45, 2.75) is 26.3 Å². The molecule has 158 valence electrons. The van der Waals surface area contributed by atoms with Crippen molar-refractivity contribution in [2.75, 3.05) is 32.8 Å². The van der Waals surface area contributed by atoms with Crippen molar-refractivity contribution < 1.29 is 18.7 Å². The van der Waals surface area contributed by atoms with E-state index in [4.69, 9.17) is 4.74 Å². The molecule has 2 amide bonds. The van der Waals surface area contributed by atoms with Crippen LogP contribution in [0.5, 0.6) is 0 Å². The summed E-state index contributed by atoms with van der Waals surface area (Å²) < 4.78 is 19.9. The van der Waals surface area contributed by atoms with Crippen molar-refractivity contribution >= 4 is 11.8 Å². The first-order valence-electron chi connectivity index (χ1n) is 9.85. The number of nitrogens with one attached hydrogen (secondary N) is 1. The van der Waals surface area contributed by atoms with Gasteiger partial charge in [-0.2, -0.15) is 5.10 Å². The molecule has 1 unspecified atom stereocenters. The fourth-order valence-electron chi connectivity index (χ4n) is 3.92. The molecule has 4 rings (SSSR count). The number of morpholine rings is 1. The lowest BCUT2D eigenvalue weighted by Crippen LogP contribution is -2.61. The number of hydrogen-bond donors (Lipinski definition) is 1. The van der Waals surface area contributed by atoms with Crippen LogP contribution in [0, 0.1) is 19.7 Å². The first-order chi connectivity index (χ1) is 14.3. The van der Waals surface area contributed by atoms with Crippen LogP contribution >= 0.6 is 0 Å². The predicted octanol–water partition coefficient (Wildman–Crippen LogP) is 0.800. The van der Waals surface area contributed by atoms with Crippen LogP contribution in [0.25, 0.3) is 0 Å². The number of ether oxygens (including phenoxy) is 1. The minimum absolute atomic E-state index is 0.0707. The van der Waals surface area contributed by atoms with E-state index in [1.807, 2.05) is 0 Å². The Morgan fingerprint density at radius 3 is 2.90 bits per heavy atom. The van der Waals surface area contributed by atoms with Crippen LogP contribution in [0.2, 0.25) is 0 Å². The highest BCUT2D eigenvalue weighted by molar-refractivity contribution is 5.97. The van der Waals surface area contributed by atoms with Gasteiger partial charge in [-0.05, 0) is 37.1 Å². The molecule has 0 bridgehead atoms. The number of aromatic amines is 1. The Hall–Kier alpha value is -3.07. The number of piperazine rings is 1. The maximum Gasteiger partial charge on any atom is 0.267 e. The molecule has 0 spiro atoms. The van der Waals surface area contributed by atoms with Gasteiger partial charge in [0.2, 0.25) is 5.91 Å². The molecule has 9 heteroatoms. The highest BCUT2D eigenvalue weighted by atomic mass is 19.1. The summed E-state index contributed by atoms with van der Waals surface area (Å²) in [6.45, 7) is 5.14.